The Hall–Kier alpha value is -1.93. The normalized spacial score (nSPS) is 21.3. The van der Waals surface area contributed by atoms with Crippen LogP contribution in [0.3, 0.4) is 0 Å². The number of thioether (sulfide) groups is 1. The third kappa shape index (κ3) is 4.39. The summed E-state index contributed by atoms with van der Waals surface area (Å²) in [6.45, 7) is 3.48. The minimum absolute atomic E-state index is 0.0459. The summed E-state index contributed by atoms with van der Waals surface area (Å²) in [6, 6.07) is 4.43. The van der Waals surface area contributed by atoms with Crippen LogP contribution in [0.1, 0.15) is 48.2 Å². The Bertz CT molecular complexity index is 961. The molecule has 1 fully saturated rings. The first-order valence-electron chi connectivity index (χ1n) is 11.3. The van der Waals surface area contributed by atoms with Crippen molar-refractivity contribution in [1.82, 2.24) is 24.9 Å². The maximum atomic E-state index is 12.4. The lowest BCUT2D eigenvalue weighted by Gasteiger charge is -2.36. The molecular weight excluding hydrogens is 396 g/mol. The molecule has 1 unspecified atom stereocenters. The van der Waals surface area contributed by atoms with Gasteiger partial charge in [-0.25, -0.2) is 4.68 Å². The van der Waals surface area contributed by atoms with Crippen LogP contribution in [-0.2, 0) is 31.6 Å². The van der Waals surface area contributed by atoms with E-state index in [9.17, 15) is 4.79 Å². The fourth-order valence-electron chi connectivity index (χ4n) is 4.86. The van der Waals surface area contributed by atoms with Gasteiger partial charge in [0, 0.05) is 37.4 Å². The van der Waals surface area contributed by atoms with Crippen molar-refractivity contribution in [3.63, 3.8) is 0 Å². The summed E-state index contributed by atoms with van der Waals surface area (Å²) >= 11 is 1.97. The summed E-state index contributed by atoms with van der Waals surface area (Å²) < 4.78 is 1.68. The van der Waals surface area contributed by atoms with Crippen molar-refractivity contribution in [3.05, 3.63) is 45.0 Å². The molecule has 1 saturated heterocycles. The monoisotopic (exact) mass is 426 g/mol. The Morgan fingerprint density at radius 2 is 2.00 bits per heavy atom. The first-order valence-corrected chi connectivity index (χ1v) is 12.4. The zero-order valence-electron chi connectivity index (χ0n) is 17.5. The number of hydrogen-bond donors (Lipinski definition) is 1. The van der Waals surface area contributed by atoms with E-state index < -0.39 is 0 Å². The van der Waals surface area contributed by atoms with Crippen molar-refractivity contribution >= 4 is 17.6 Å². The summed E-state index contributed by atoms with van der Waals surface area (Å²) in [5.74, 6) is 3.07. The van der Waals surface area contributed by atoms with Gasteiger partial charge in [0.2, 0.25) is 0 Å². The van der Waals surface area contributed by atoms with Gasteiger partial charge in [-0.05, 0) is 61.6 Å². The molecule has 0 spiro atoms. The molecule has 0 amide bonds. The first kappa shape index (κ1) is 20.0. The fraction of sp³-hybridized carbons (Fsp3) is 0.636. The number of aryl methyl sites for hydroxylation is 3. The third-order valence-corrected chi connectivity index (χ3v) is 7.60. The Balaban J connectivity index is 1.20. The number of anilines is 1. The molecule has 2 aliphatic heterocycles. The van der Waals surface area contributed by atoms with Gasteiger partial charge in [0.15, 0.2) is 0 Å². The summed E-state index contributed by atoms with van der Waals surface area (Å²) in [5.41, 5.74) is 4.80. The van der Waals surface area contributed by atoms with Crippen molar-refractivity contribution in [3.8, 4) is 0 Å². The Morgan fingerprint density at radius 1 is 1.03 bits per heavy atom. The number of piperidine rings is 1. The van der Waals surface area contributed by atoms with Crippen molar-refractivity contribution < 1.29 is 0 Å². The van der Waals surface area contributed by atoms with Gasteiger partial charge in [0.05, 0.1) is 17.9 Å². The van der Waals surface area contributed by atoms with Gasteiger partial charge in [-0.1, -0.05) is 6.42 Å². The zero-order valence-corrected chi connectivity index (χ0v) is 18.3. The Morgan fingerprint density at radius 3 is 2.97 bits per heavy atom. The molecule has 5 rings (SSSR count). The number of aromatic nitrogens is 4. The molecule has 1 atom stereocenters. The number of nitrogens with zero attached hydrogens (tertiary/aromatic N) is 5. The van der Waals surface area contributed by atoms with Crippen LogP contribution in [0, 0.1) is 0 Å². The predicted octanol–water partition coefficient (Wildman–Crippen LogP) is 2.28. The number of nitrogens with one attached hydrogen (secondary N) is 1. The first-order chi connectivity index (χ1) is 14.8. The molecular formula is C22H30N6OS. The zero-order chi connectivity index (χ0) is 20.3. The lowest BCUT2D eigenvalue weighted by atomic mass is 10.0. The highest BCUT2D eigenvalue weighted by molar-refractivity contribution is 7.98. The van der Waals surface area contributed by atoms with Gasteiger partial charge in [-0.2, -0.15) is 22.0 Å². The van der Waals surface area contributed by atoms with E-state index >= 15 is 0 Å². The number of likely N-dealkylation sites (tertiary alicyclic amines) is 1. The predicted molar refractivity (Wildman–Crippen MR) is 120 cm³/mol. The van der Waals surface area contributed by atoms with Gasteiger partial charge in [-0.15, -0.1) is 5.10 Å². The van der Waals surface area contributed by atoms with E-state index in [0.717, 1.165) is 79.6 Å². The van der Waals surface area contributed by atoms with E-state index in [-0.39, 0.29) is 5.56 Å². The molecule has 1 N–H and O–H groups in total. The fourth-order valence-corrected chi connectivity index (χ4v) is 5.81. The molecule has 30 heavy (non-hydrogen) atoms. The second-order valence-electron chi connectivity index (χ2n) is 8.60. The van der Waals surface area contributed by atoms with Gasteiger partial charge in [-0.3, -0.25) is 9.69 Å². The molecule has 7 nitrogen and oxygen atoms in total. The minimum atomic E-state index is 0.0459. The molecule has 0 aromatic carbocycles. The topological polar surface area (TPSA) is 75.9 Å². The van der Waals surface area contributed by atoms with Crippen LogP contribution in [0.5, 0.6) is 0 Å². The quantitative estimate of drug-likeness (QED) is 0.759. The maximum Gasteiger partial charge on any atom is 0.267 e. The minimum Gasteiger partial charge on any atom is -0.367 e. The maximum absolute atomic E-state index is 12.4. The summed E-state index contributed by atoms with van der Waals surface area (Å²) in [5, 5.41) is 17.0. The smallest absolute Gasteiger partial charge is 0.267 e. The Kier molecular flexibility index (Phi) is 6.04. The van der Waals surface area contributed by atoms with Crippen molar-refractivity contribution in [2.24, 2.45) is 0 Å². The number of hydrogen-bond acceptors (Lipinski definition) is 7. The van der Waals surface area contributed by atoms with E-state index in [1.165, 1.54) is 24.8 Å². The van der Waals surface area contributed by atoms with E-state index in [1.807, 2.05) is 11.8 Å². The lowest BCUT2D eigenvalue weighted by molar-refractivity contribution is 0.148. The largest absolute Gasteiger partial charge is 0.367 e. The van der Waals surface area contributed by atoms with Gasteiger partial charge in [0.25, 0.3) is 5.56 Å². The second-order valence-corrected chi connectivity index (χ2v) is 9.71. The van der Waals surface area contributed by atoms with Gasteiger partial charge >= 0.3 is 0 Å². The summed E-state index contributed by atoms with van der Waals surface area (Å²) in [4.78, 5) is 14.9. The molecule has 160 valence electrons. The Labute approximate surface area is 181 Å². The average molecular weight is 427 g/mol. The van der Waals surface area contributed by atoms with Gasteiger partial charge in [0.1, 0.15) is 5.82 Å². The molecule has 3 aliphatic rings. The van der Waals surface area contributed by atoms with E-state index in [0.29, 0.717) is 12.6 Å². The summed E-state index contributed by atoms with van der Waals surface area (Å²) in [7, 11) is 0. The van der Waals surface area contributed by atoms with Crippen LogP contribution in [0.15, 0.2) is 16.9 Å². The highest BCUT2D eigenvalue weighted by atomic mass is 32.2. The van der Waals surface area contributed by atoms with Crippen molar-refractivity contribution in [2.45, 2.75) is 63.3 Å². The van der Waals surface area contributed by atoms with E-state index in [4.69, 9.17) is 0 Å². The van der Waals surface area contributed by atoms with E-state index in [2.05, 4.69) is 31.6 Å². The van der Waals surface area contributed by atoms with Crippen molar-refractivity contribution in [1.29, 1.82) is 0 Å². The van der Waals surface area contributed by atoms with Crippen LogP contribution in [0.4, 0.5) is 5.82 Å². The molecule has 0 bridgehead atoms. The van der Waals surface area contributed by atoms with Gasteiger partial charge < -0.3 is 5.32 Å². The second kappa shape index (κ2) is 9.06. The molecule has 8 heteroatoms. The van der Waals surface area contributed by atoms with Crippen LogP contribution >= 0.6 is 11.8 Å². The molecule has 2 aromatic rings. The number of fused-ring (bicyclic) bond motifs is 2. The highest BCUT2D eigenvalue weighted by Crippen LogP contribution is 2.24. The SMILES string of the molecule is O=c1cc2c(nn1CCN1CCCCC1CNc1cc3c(nn1)CCSC3)CCC2. The number of rotatable bonds is 6. The lowest BCUT2D eigenvalue weighted by Crippen LogP contribution is -2.45. The average Bonchev–Trinajstić information content (AvgIpc) is 3.23. The van der Waals surface area contributed by atoms with E-state index in [1.54, 1.807) is 10.7 Å². The third-order valence-electron chi connectivity index (χ3n) is 6.59. The van der Waals surface area contributed by atoms with Crippen molar-refractivity contribution in [2.75, 3.05) is 30.7 Å². The molecule has 2 aromatic heterocycles. The molecule has 1 aliphatic carbocycles. The molecule has 0 saturated carbocycles. The highest BCUT2D eigenvalue weighted by Gasteiger charge is 2.23. The van der Waals surface area contributed by atoms with Crippen LogP contribution in [-0.4, -0.2) is 56.3 Å². The molecule has 0 radical (unpaired) electrons. The van der Waals surface area contributed by atoms with Crippen LogP contribution in [0.25, 0.3) is 0 Å². The summed E-state index contributed by atoms with van der Waals surface area (Å²) in [6.07, 6.45) is 7.81. The molecule has 4 heterocycles. The van der Waals surface area contributed by atoms with Crippen LogP contribution < -0.4 is 10.9 Å². The standard InChI is InChI=1S/C22H30N6OS/c29-22-13-16-4-3-6-20(16)26-28(22)10-9-27-8-2-1-5-18(27)14-23-21-12-17-15-30-11-7-19(17)24-25-21/h12-13,18H,1-11,14-15H2,(H,23,25). The van der Waals surface area contributed by atoms with Crippen LogP contribution in [0.2, 0.25) is 0 Å².